The molecule has 4 aromatic rings. The summed E-state index contributed by atoms with van der Waals surface area (Å²) >= 11 is 2.74. The fourth-order valence-corrected chi connectivity index (χ4v) is 5.51. The number of rotatable bonds is 8. The van der Waals surface area contributed by atoms with E-state index in [-0.39, 0.29) is 16.6 Å². The standard InChI is InChI=1S/C22H19N3O4S3/c1-29-16-9-12-19-20(13-16)31-22(23-19)24-21(26)14-30-17-10-7-15(8-11-17)25-32(27,28)18-5-3-2-4-6-18/h2-13,25H,14H2,1H3,(H,23,24,26). The SMILES string of the molecule is COc1ccc2nc(NC(=O)CSc3ccc(NS(=O)(=O)c4ccccc4)cc3)sc2c1. The van der Waals surface area contributed by atoms with Crippen molar-refractivity contribution in [1.82, 2.24) is 4.98 Å². The van der Waals surface area contributed by atoms with Gasteiger partial charge in [-0.15, -0.1) is 11.8 Å². The quantitative estimate of drug-likeness (QED) is 0.347. The van der Waals surface area contributed by atoms with E-state index >= 15 is 0 Å². The van der Waals surface area contributed by atoms with Gasteiger partial charge in [0.25, 0.3) is 10.0 Å². The summed E-state index contributed by atoms with van der Waals surface area (Å²) in [6, 6.07) is 20.6. The molecule has 0 radical (unpaired) electrons. The Hall–Kier alpha value is -3.08. The molecule has 3 aromatic carbocycles. The summed E-state index contributed by atoms with van der Waals surface area (Å²) in [5, 5.41) is 3.35. The predicted octanol–water partition coefficient (Wildman–Crippen LogP) is 4.84. The molecular formula is C22H19N3O4S3. The minimum Gasteiger partial charge on any atom is -0.497 e. The average molecular weight is 486 g/mol. The molecule has 4 rings (SSSR count). The van der Waals surface area contributed by atoms with E-state index < -0.39 is 10.0 Å². The smallest absolute Gasteiger partial charge is 0.261 e. The number of aromatic nitrogens is 1. The highest BCUT2D eigenvalue weighted by Gasteiger charge is 2.13. The van der Waals surface area contributed by atoms with Crippen LogP contribution in [0.1, 0.15) is 0 Å². The molecule has 0 fully saturated rings. The molecule has 1 aromatic heterocycles. The second-order valence-corrected chi connectivity index (χ2v) is 10.4. The molecule has 10 heteroatoms. The lowest BCUT2D eigenvalue weighted by Crippen LogP contribution is -2.13. The first-order chi connectivity index (χ1) is 15.4. The average Bonchev–Trinajstić information content (AvgIpc) is 3.20. The van der Waals surface area contributed by atoms with Crippen molar-refractivity contribution in [3.8, 4) is 5.75 Å². The summed E-state index contributed by atoms with van der Waals surface area (Å²) in [6.45, 7) is 0. The van der Waals surface area contributed by atoms with Gasteiger partial charge in [-0.05, 0) is 54.6 Å². The van der Waals surface area contributed by atoms with Gasteiger partial charge in [0, 0.05) is 10.6 Å². The lowest BCUT2D eigenvalue weighted by atomic mass is 10.3. The maximum Gasteiger partial charge on any atom is 0.261 e. The third-order valence-electron chi connectivity index (χ3n) is 4.37. The lowest BCUT2D eigenvalue weighted by Gasteiger charge is -2.08. The molecule has 0 spiro atoms. The Morgan fingerprint density at radius 2 is 1.81 bits per heavy atom. The maximum absolute atomic E-state index is 12.4. The molecule has 0 aliphatic heterocycles. The van der Waals surface area contributed by atoms with Crippen molar-refractivity contribution in [1.29, 1.82) is 0 Å². The van der Waals surface area contributed by atoms with Gasteiger partial charge >= 0.3 is 0 Å². The molecule has 7 nitrogen and oxygen atoms in total. The van der Waals surface area contributed by atoms with Gasteiger partial charge in [0.2, 0.25) is 5.91 Å². The van der Waals surface area contributed by atoms with Crippen LogP contribution in [0, 0.1) is 0 Å². The number of thioether (sulfide) groups is 1. The summed E-state index contributed by atoms with van der Waals surface area (Å²) in [5.74, 6) is 0.771. The van der Waals surface area contributed by atoms with Gasteiger partial charge in [-0.1, -0.05) is 29.5 Å². The van der Waals surface area contributed by atoms with Crippen molar-refractivity contribution < 1.29 is 17.9 Å². The van der Waals surface area contributed by atoms with Crippen LogP contribution in [-0.2, 0) is 14.8 Å². The van der Waals surface area contributed by atoms with Crippen LogP contribution in [0.3, 0.4) is 0 Å². The van der Waals surface area contributed by atoms with Gasteiger partial charge in [-0.2, -0.15) is 0 Å². The number of benzene rings is 3. The summed E-state index contributed by atoms with van der Waals surface area (Å²) in [5.41, 5.74) is 1.25. The molecule has 32 heavy (non-hydrogen) atoms. The van der Waals surface area contributed by atoms with E-state index in [1.807, 2.05) is 18.2 Å². The molecule has 0 unspecified atom stereocenters. The number of methoxy groups -OCH3 is 1. The second kappa shape index (κ2) is 9.60. The van der Waals surface area contributed by atoms with Gasteiger partial charge in [0.1, 0.15) is 5.75 Å². The molecule has 0 saturated heterocycles. The number of anilines is 2. The van der Waals surface area contributed by atoms with Crippen LogP contribution in [0.4, 0.5) is 10.8 Å². The zero-order valence-electron chi connectivity index (χ0n) is 16.9. The number of hydrogen-bond donors (Lipinski definition) is 2. The van der Waals surface area contributed by atoms with E-state index in [1.165, 1.54) is 35.2 Å². The van der Waals surface area contributed by atoms with Gasteiger partial charge in [0.15, 0.2) is 5.13 Å². The number of amides is 1. The second-order valence-electron chi connectivity index (χ2n) is 6.63. The van der Waals surface area contributed by atoms with E-state index in [9.17, 15) is 13.2 Å². The van der Waals surface area contributed by atoms with Crippen molar-refractivity contribution in [2.45, 2.75) is 9.79 Å². The zero-order valence-corrected chi connectivity index (χ0v) is 19.4. The molecule has 0 saturated carbocycles. The Morgan fingerprint density at radius 3 is 2.53 bits per heavy atom. The zero-order chi connectivity index (χ0) is 22.6. The van der Waals surface area contributed by atoms with Gasteiger partial charge in [-0.25, -0.2) is 13.4 Å². The molecule has 1 amide bonds. The third-order valence-corrected chi connectivity index (χ3v) is 7.71. The number of fused-ring (bicyclic) bond motifs is 1. The van der Waals surface area contributed by atoms with Crippen LogP contribution in [0.15, 0.2) is 82.6 Å². The highest BCUT2D eigenvalue weighted by molar-refractivity contribution is 8.00. The number of sulfonamides is 1. The van der Waals surface area contributed by atoms with Crippen molar-refractivity contribution in [3.05, 3.63) is 72.8 Å². The normalized spacial score (nSPS) is 11.3. The number of hydrogen-bond acceptors (Lipinski definition) is 7. The van der Waals surface area contributed by atoms with E-state index in [2.05, 4.69) is 15.0 Å². The largest absolute Gasteiger partial charge is 0.497 e. The molecule has 1 heterocycles. The third kappa shape index (κ3) is 5.39. The Labute approximate surface area is 193 Å². The Balaban J connectivity index is 1.32. The molecule has 0 aliphatic carbocycles. The van der Waals surface area contributed by atoms with Crippen LogP contribution in [0.2, 0.25) is 0 Å². The minimum atomic E-state index is -3.64. The summed E-state index contributed by atoms with van der Waals surface area (Å²) in [4.78, 5) is 17.8. The molecular weight excluding hydrogens is 466 g/mol. The first-order valence-corrected chi connectivity index (χ1v) is 12.8. The van der Waals surface area contributed by atoms with Crippen LogP contribution >= 0.6 is 23.1 Å². The monoisotopic (exact) mass is 485 g/mol. The number of thiazole rings is 1. The van der Waals surface area contributed by atoms with Crippen LogP contribution < -0.4 is 14.8 Å². The molecule has 0 bridgehead atoms. The number of carbonyl (C=O) groups excluding carboxylic acids is 1. The molecule has 2 N–H and O–H groups in total. The fourth-order valence-electron chi connectivity index (χ4n) is 2.82. The van der Waals surface area contributed by atoms with Crippen LogP contribution in [0.25, 0.3) is 10.2 Å². The summed E-state index contributed by atoms with van der Waals surface area (Å²) in [6.07, 6.45) is 0. The first-order valence-electron chi connectivity index (χ1n) is 9.48. The number of nitrogens with zero attached hydrogens (tertiary/aromatic N) is 1. The van der Waals surface area contributed by atoms with E-state index in [1.54, 1.807) is 49.6 Å². The van der Waals surface area contributed by atoms with Crippen molar-refractivity contribution in [2.24, 2.45) is 0 Å². The summed E-state index contributed by atoms with van der Waals surface area (Å²) in [7, 11) is -2.03. The lowest BCUT2D eigenvalue weighted by molar-refractivity contribution is -0.113. The van der Waals surface area contributed by atoms with Crippen molar-refractivity contribution in [2.75, 3.05) is 22.9 Å². The first kappa shape index (κ1) is 22.1. The van der Waals surface area contributed by atoms with Crippen LogP contribution in [-0.4, -0.2) is 32.2 Å². The number of carbonyl (C=O) groups is 1. The fraction of sp³-hybridized carbons (Fsp3) is 0.0909. The van der Waals surface area contributed by atoms with E-state index in [0.717, 1.165) is 20.9 Å². The highest BCUT2D eigenvalue weighted by atomic mass is 32.2. The maximum atomic E-state index is 12.4. The Bertz CT molecular complexity index is 1340. The molecule has 164 valence electrons. The van der Waals surface area contributed by atoms with Crippen LogP contribution in [0.5, 0.6) is 5.75 Å². The predicted molar refractivity (Wildman–Crippen MR) is 129 cm³/mol. The van der Waals surface area contributed by atoms with Gasteiger partial charge < -0.3 is 10.1 Å². The minimum absolute atomic E-state index is 0.171. The Morgan fingerprint density at radius 1 is 1.06 bits per heavy atom. The number of ether oxygens (including phenoxy) is 1. The van der Waals surface area contributed by atoms with Gasteiger partial charge in [0.05, 0.1) is 28.0 Å². The highest BCUT2D eigenvalue weighted by Crippen LogP contribution is 2.29. The van der Waals surface area contributed by atoms with E-state index in [0.29, 0.717) is 10.8 Å². The van der Waals surface area contributed by atoms with Crippen molar-refractivity contribution in [3.63, 3.8) is 0 Å². The van der Waals surface area contributed by atoms with E-state index in [4.69, 9.17) is 4.74 Å². The number of nitrogens with one attached hydrogen (secondary N) is 2. The van der Waals surface area contributed by atoms with Crippen molar-refractivity contribution >= 4 is 60.1 Å². The summed E-state index contributed by atoms with van der Waals surface area (Å²) < 4.78 is 33.5. The topological polar surface area (TPSA) is 97.4 Å². The molecule has 0 aliphatic rings. The molecule has 0 atom stereocenters. The van der Waals surface area contributed by atoms with Gasteiger partial charge in [-0.3, -0.25) is 9.52 Å². The Kier molecular flexibility index (Phi) is 6.63.